The van der Waals surface area contributed by atoms with Gasteiger partial charge < -0.3 is 19.9 Å². The summed E-state index contributed by atoms with van der Waals surface area (Å²) in [6.07, 6.45) is 7.03. The van der Waals surface area contributed by atoms with Crippen LogP contribution in [0.2, 0.25) is 0 Å². The fourth-order valence-electron chi connectivity index (χ4n) is 5.25. The van der Waals surface area contributed by atoms with Gasteiger partial charge in [-0.05, 0) is 49.1 Å². The van der Waals surface area contributed by atoms with Gasteiger partial charge in [0.2, 0.25) is 0 Å². The van der Waals surface area contributed by atoms with Crippen molar-refractivity contribution in [3.8, 4) is 0 Å². The lowest BCUT2D eigenvalue weighted by Gasteiger charge is -2.53. The van der Waals surface area contributed by atoms with E-state index >= 15 is 0 Å². The molecule has 1 N–H and O–H groups in total. The van der Waals surface area contributed by atoms with E-state index in [9.17, 15) is 0 Å². The van der Waals surface area contributed by atoms with Crippen LogP contribution in [0, 0.1) is 11.3 Å². The maximum atomic E-state index is 5.44. The Bertz CT molecular complexity index is 792. The van der Waals surface area contributed by atoms with Crippen LogP contribution in [0.5, 0.6) is 0 Å². The van der Waals surface area contributed by atoms with E-state index in [0.717, 1.165) is 50.4 Å². The zero-order valence-electron chi connectivity index (χ0n) is 17.1. The fraction of sp³-hybridized carbons (Fsp3) is 0.565. The first-order valence-corrected chi connectivity index (χ1v) is 11.0. The minimum Gasteiger partial charge on any atom is -0.378 e. The molecule has 1 aromatic carbocycles. The predicted molar refractivity (Wildman–Crippen MR) is 117 cm³/mol. The molecule has 1 aromatic heterocycles. The number of ether oxygens (including phenoxy) is 1. The van der Waals surface area contributed by atoms with E-state index < -0.39 is 0 Å². The quantitative estimate of drug-likeness (QED) is 0.840. The van der Waals surface area contributed by atoms with Gasteiger partial charge in [-0.25, -0.2) is 9.97 Å². The molecule has 1 spiro atoms. The Balaban J connectivity index is 1.09. The number of rotatable bonds is 5. The van der Waals surface area contributed by atoms with Crippen LogP contribution in [-0.4, -0.2) is 55.9 Å². The molecule has 0 atom stereocenters. The van der Waals surface area contributed by atoms with E-state index in [0.29, 0.717) is 5.41 Å². The van der Waals surface area contributed by atoms with Crippen LogP contribution in [-0.2, 0) is 4.74 Å². The SMILES string of the molecule is c1ccc(N2CCC3(CC2)CC(CNc2cc(N4CCOCC4)ncn2)C3)cc1. The number of morpholine rings is 1. The van der Waals surface area contributed by atoms with Gasteiger partial charge in [0, 0.05) is 44.5 Å². The van der Waals surface area contributed by atoms with Gasteiger partial charge in [-0.15, -0.1) is 0 Å². The molecule has 2 saturated heterocycles. The van der Waals surface area contributed by atoms with Gasteiger partial charge >= 0.3 is 0 Å². The summed E-state index contributed by atoms with van der Waals surface area (Å²) < 4.78 is 5.44. The summed E-state index contributed by atoms with van der Waals surface area (Å²) in [6, 6.07) is 12.9. The zero-order valence-corrected chi connectivity index (χ0v) is 17.1. The third-order valence-corrected chi connectivity index (χ3v) is 6.95. The fourth-order valence-corrected chi connectivity index (χ4v) is 5.25. The molecule has 154 valence electrons. The van der Waals surface area contributed by atoms with Crippen molar-refractivity contribution >= 4 is 17.3 Å². The Morgan fingerprint density at radius 2 is 1.72 bits per heavy atom. The smallest absolute Gasteiger partial charge is 0.134 e. The van der Waals surface area contributed by atoms with Crippen molar-refractivity contribution in [2.24, 2.45) is 11.3 Å². The van der Waals surface area contributed by atoms with Crippen molar-refractivity contribution in [2.75, 3.05) is 61.1 Å². The second kappa shape index (κ2) is 8.19. The van der Waals surface area contributed by atoms with Crippen molar-refractivity contribution in [3.05, 3.63) is 42.7 Å². The van der Waals surface area contributed by atoms with Crippen LogP contribution in [0.15, 0.2) is 42.7 Å². The molecular weight excluding hydrogens is 362 g/mol. The molecule has 2 aliphatic heterocycles. The number of piperidine rings is 1. The van der Waals surface area contributed by atoms with E-state index in [2.05, 4.69) is 61.5 Å². The number of aromatic nitrogens is 2. The highest BCUT2D eigenvalue weighted by Gasteiger charge is 2.45. The number of hydrogen-bond acceptors (Lipinski definition) is 6. The summed E-state index contributed by atoms with van der Waals surface area (Å²) in [5, 5.41) is 3.56. The minimum atomic E-state index is 0.586. The number of nitrogens with zero attached hydrogens (tertiary/aromatic N) is 4. The van der Waals surface area contributed by atoms with Crippen LogP contribution in [0.4, 0.5) is 17.3 Å². The molecule has 6 nitrogen and oxygen atoms in total. The van der Waals surface area contributed by atoms with Gasteiger partial charge in [-0.2, -0.15) is 0 Å². The molecule has 1 saturated carbocycles. The molecule has 3 heterocycles. The molecule has 0 radical (unpaired) electrons. The minimum absolute atomic E-state index is 0.586. The van der Waals surface area contributed by atoms with Gasteiger partial charge in [0.15, 0.2) is 0 Å². The predicted octanol–water partition coefficient (Wildman–Crippen LogP) is 3.42. The zero-order chi connectivity index (χ0) is 19.5. The van der Waals surface area contributed by atoms with E-state index in [4.69, 9.17) is 4.74 Å². The lowest BCUT2D eigenvalue weighted by molar-refractivity contribution is 0.0350. The number of hydrogen-bond donors (Lipinski definition) is 1. The molecule has 2 aromatic rings. The second-order valence-corrected chi connectivity index (χ2v) is 8.84. The third-order valence-electron chi connectivity index (χ3n) is 6.95. The Morgan fingerprint density at radius 3 is 2.48 bits per heavy atom. The first-order chi connectivity index (χ1) is 14.3. The van der Waals surface area contributed by atoms with Crippen molar-refractivity contribution < 1.29 is 4.74 Å². The van der Waals surface area contributed by atoms with Crippen molar-refractivity contribution in [3.63, 3.8) is 0 Å². The van der Waals surface area contributed by atoms with Gasteiger partial charge in [0.1, 0.15) is 18.0 Å². The monoisotopic (exact) mass is 393 g/mol. The van der Waals surface area contributed by atoms with Crippen LogP contribution >= 0.6 is 0 Å². The maximum Gasteiger partial charge on any atom is 0.134 e. The standard InChI is InChI=1S/C23H31N5O/c1-2-4-20(5-3-1)27-8-6-23(7-9-27)15-19(16-23)17-24-21-14-22(26-18-25-21)28-10-12-29-13-11-28/h1-5,14,18-19H,6-13,15-17H2,(H,24,25,26). The van der Waals surface area contributed by atoms with E-state index in [-0.39, 0.29) is 0 Å². The molecule has 29 heavy (non-hydrogen) atoms. The highest BCUT2D eigenvalue weighted by Crippen LogP contribution is 2.52. The van der Waals surface area contributed by atoms with Gasteiger partial charge in [0.25, 0.3) is 0 Å². The average molecular weight is 394 g/mol. The van der Waals surface area contributed by atoms with E-state index in [1.54, 1.807) is 6.33 Å². The molecule has 3 fully saturated rings. The van der Waals surface area contributed by atoms with E-state index in [1.165, 1.54) is 44.5 Å². The Hall–Kier alpha value is -2.34. The second-order valence-electron chi connectivity index (χ2n) is 8.84. The molecule has 6 heteroatoms. The lowest BCUT2D eigenvalue weighted by atomic mass is 9.57. The molecular formula is C23H31N5O. The molecule has 0 unspecified atom stereocenters. The number of nitrogens with one attached hydrogen (secondary N) is 1. The highest BCUT2D eigenvalue weighted by atomic mass is 16.5. The Kier molecular flexibility index (Phi) is 5.27. The highest BCUT2D eigenvalue weighted by molar-refractivity contribution is 5.49. The van der Waals surface area contributed by atoms with Gasteiger partial charge in [0.05, 0.1) is 13.2 Å². The summed E-state index contributed by atoms with van der Waals surface area (Å²) in [7, 11) is 0. The summed E-state index contributed by atoms with van der Waals surface area (Å²) in [4.78, 5) is 13.7. The maximum absolute atomic E-state index is 5.44. The van der Waals surface area contributed by atoms with Gasteiger partial charge in [-0.3, -0.25) is 0 Å². The lowest BCUT2D eigenvalue weighted by Crippen LogP contribution is -2.48. The van der Waals surface area contributed by atoms with Crippen LogP contribution in [0.1, 0.15) is 25.7 Å². The Morgan fingerprint density at radius 1 is 0.966 bits per heavy atom. The van der Waals surface area contributed by atoms with Gasteiger partial charge in [-0.1, -0.05) is 18.2 Å². The largest absolute Gasteiger partial charge is 0.378 e. The summed E-state index contributed by atoms with van der Waals surface area (Å²) in [5.74, 6) is 2.71. The number of benzene rings is 1. The normalized spacial score (nSPS) is 21.8. The van der Waals surface area contributed by atoms with Crippen molar-refractivity contribution in [2.45, 2.75) is 25.7 Å². The Labute approximate surface area is 173 Å². The number of para-hydroxylation sites is 1. The van der Waals surface area contributed by atoms with Crippen molar-refractivity contribution in [1.29, 1.82) is 0 Å². The molecule has 3 aliphatic rings. The average Bonchev–Trinajstić information content (AvgIpc) is 2.78. The van der Waals surface area contributed by atoms with Crippen LogP contribution < -0.4 is 15.1 Å². The third kappa shape index (κ3) is 4.17. The summed E-state index contributed by atoms with van der Waals surface area (Å²) in [5.41, 5.74) is 1.96. The summed E-state index contributed by atoms with van der Waals surface area (Å²) in [6.45, 7) is 6.77. The molecule has 5 rings (SSSR count). The molecule has 0 bridgehead atoms. The van der Waals surface area contributed by atoms with Crippen molar-refractivity contribution in [1.82, 2.24) is 9.97 Å². The first-order valence-electron chi connectivity index (χ1n) is 11.0. The first kappa shape index (κ1) is 18.7. The van der Waals surface area contributed by atoms with Crippen LogP contribution in [0.25, 0.3) is 0 Å². The molecule has 1 aliphatic carbocycles. The van der Waals surface area contributed by atoms with E-state index in [1.807, 2.05) is 0 Å². The summed E-state index contributed by atoms with van der Waals surface area (Å²) >= 11 is 0. The molecule has 0 amide bonds. The number of anilines is 3. The van der Waals surface area contributed by atoms with Crippen LogP contribution in [0.3, 0.4) is 0 Å². The topological polar surface area (TPSA) is 53.5 Å².